The van der Waals surface area contributed by atoms with Crippen LogP contribution in [0.25, 0.3) is 10.8 Å². The highest BCUT2D eigenvalue weighted by Crippen LogP contribution is 2.62. The van der Waals surface area contributed by atoms with Crippen molar-refractivity contribution in [2.75, 3.05) is 40.6 Å². The van der Waals surface area contributed by atoms with Gasteiger partial charge in [-0.2, -0.15) is 0 Å². The van der Waals surface area contributed by atoms with Crippen molar-refractivity contribution >= 4 is 22.4 Å². The first kappa shape index (κ1) is 42.0. The minimum Gasteiger partial charge on any atom is -0.497 e. The average Bonchev–Trinajstić information content (AvgIpc) is 3.26. The van der Waals surface area contributed by atoms with Gasteiger partial charge in [-0.05, 0) is 109 Å². The molecule has 10 nitrogen and oxygen atoms in total. The summed E-state index contributed by atoms with van der Waals surface area (Å²) >= 11 is 0. The van der Waals surface area contributed by atoms with Gasteiger partial charge >= 0.3 is 0 Å². The molecule has 1 amide bonds. The van der Waals surface area contributed by atoms with Gasteiger partial charge in [0.25, 0.3) is 0 Å². The van der Waals surface area contributed by atoms with E-state index in [1.54, 1.807) is 18.1 Å². The van der Waals surface area contributed by atoms with Crippen LogP contribution in [0.2, 0.25) is 0 Å². The van der Waals surface area contributed by atoms with E-state index in [1.165, 1.54) is 0 Å². The van der Waals surface area contributed by atoms with Gasteiger partial charge in [0.1, 0.15) is 35.6 Å². The molecule has 0 saturated heterocycles. The highest BCUT2D eigenvalue weighted by molar-refractivity contribution is 6.03. The molecule has 6 atom stereocenters. The molecule has 1 heterocycles. The molecular weight excluding hydrogens is 745 g/mol. The molecule has 1 aliphatic heterocycles. The second-order valence-electron chi connectivity index (χ2n) is 15.8. The topological polar surface area (TPSA) is 119 Å². The summed E-state index contributed by atoms with van der Waals surface area (Å²) in [6.45, 7) is 6.76. The molecule has 0 spiro atoms. The zero-order chi connectivity index (χ0) is 41.4. The van der Waals surface area contributed by atoms with E-state index in [2.05, 4.69) is 43.0 Å². The number of likely N-dealkylation sites (N-methyl/N-ethyl adjacent to an activating group) is 1. The molecule has 7 rings (SSSR count). The molecular formula is C49H58N2O8. The van der Waals surface area contributed by atoms with Crippen molar-refractivity contribution in [3.05, 3.63) is 120 Å². The van der Waals surface area contributed by atoms with Crippen LogP contribution in [-0.2, 0) is 20.8 Å². The van der Waals surface area contributed by atoms with Crippen molar-refractivity contribution in [3.8, 4) is 23.0 Å². The average molecular weight is 803 g/mol. The van der Waals surface area contributed by atoms with Crippen LogP contribution in [0.5, 0.6) is 23.0 Å². The molecule has 3 aliphatic rings. The summed E-state index contributed by atoms with van der Waals surface area (Å²) < 4.78 is 26.4. The van der Waals surface area contributed by atoms with Crippen LogP contribution in [0.15, 0.2) is 114 Å². The summed E-state index contributed by atoms with van der Waals surface area (Å²) in [6, 6.07) is 27.3. The Morgan fingerprint density at radius 1 is 0.932 bits per heavy atom. The van der Waals surface area contributed by atoms with Gasteiger partial charge in [-0.25, -0.2) is 0 Å². The molecule has 2 aliphatic carbocycles. The number of methoxy groups -OCH3 is 1. The number of ether oxygens (including phenoxy) is 4. The number of benzene rings is 4. The number of rotatable bonds is 19. The Morgan fingerprint density at radius 2 is 1.69 bits per heavy atom. The minimum atomic E-state index is -1.33. The standard InChI is InChI=1S/C49H58N2O8/c1-5-26-56-49-45(51(3)46(54)28-33-14-13-18-37(27-33)55-4)32-43(50-57-6-2)41-30-36(17-9-11-24-52)40(19-10-12-25-53)47(48(41)49)42-31-39(22-23-44(42)59-49)58-38-21-20-34-15-7-8-16-35(34)29-38/h5,7-8,13-16,18,20-23,27,29-31,36,40,45,47-48,52-53H,1,6,9-12,17,19,24-26,28,32H2,2-4H3/t36-,40+,45-,47+,48+,49+/m0/s1. The lowest BCUT2D eigenvalue weighted by atomic mass is 9.55. The summed E-state index contributed by atoms with van der Waals surface area (Å²) in [7, 11) is 3.44. The third-order valence-electron chi connectivity index (χ3n) is 12.3. The van der Waals surface area contributed by atoms with Crippen LogP contribution in [0.1, 0.15) is 68.9 Å². The van der Waals surface area contributed by atoms with Crippen LogP contribution in [0.4, 0.5) is 0 Å². The quantitative estimate of drug-likeness (QED) is 0.0548. The van der Waals surface area contributed by atoms with Crippen LogP contribution in [0.3, 0.4) is 0 Å². The first-order chi connectivity index (χ1) is 28.8. The fraction of sp³-hybridized carbons (Fsp3) is 0.429. The number of hydrogen-bond donors (Lipinski definition) is 2. The molecule has 0 radical (unpaired) electrons. The van der Waals surface area contributed by atoms with Crippen molar-refractivity contribution < 1.29 is 38.8 Å². The van der Waals surface area contributed by atoms with Crippen molar-refractivity contribution in [1.82, 2.24) is 4.90 Å². The smallest absolute Gasteiger partial charge is 0.239 e. The van der Waals surface area contributed by atoms with Crippen LogP contribution in [0, 0.1) is 17.8 Å². The molecule has 312 valence electrons. The predicted octanol–water partition coefficient (Wildman–Crippen LogP) is 9.00. The van der Waals surface area contributed by atoms with E-state index in [4.69, 9.17) is 28.9 Å². The van der Waals surface area contributed by atoms with Crippen LogP contribution in [-0.4, -0.2) is 79.1 Å². The molecule has 1 fully saturated rings. The number of fused-ring (bicyclic) bond motifs is 3. The zero-order valence-electron chi connectivity index (χ0n) is 34.6. The Balaban J connectivity index is 1.38. The maximum Gasteiger partial charge on any atom is 0.239 e. The number of oxime groups is 1. The minimum absolute atomic E-state index is 0.101. The summed E-state index contributed by atoms with van der Waals surface area (Å²) in [5.74, 6) is 1.02. The second kappa shape index (κ2) is 19.3. The number of unbranched alkanes of at least 4 members (excludes halogenated alkanes) is 2. The number of aliphatic hydroxyl groups excluding tert-OH is 2. The zero-order valence-corrected chi connectivity index (χ0v) is 34.6. The lowest BCUT2D eigenvalue weighted by Crippen LogP contribution is -2.69. The Bertz CT molecular complexity index is 2150. The number of amides is 1. The van der Waals surface area contributed by atoms with Crippen molar-refractivity contribution in [3.63, 3.8) is 0 Å². The van der Waals surface area contributed by atoms with E-state index in [-0.39, 0.29) is 49.9 Å². The molecule has 1 saturated carbocycles. The number of hydrogen-bond acceptors (Lipinski definition) is 9. The van der Waals surface area contributed by atoms with E-state index in [9.17, 15) is 15.0 Å². The number of carbonyl (C=O) groups excluding carboxylic acids is 1. The van der Waals surface area contributed by atoms with Gasteiger partial charge in [-0.1, -0.05) is 72.6 Å². The summed E-state index contributed by atoms with van der Waals surface area (Å²) in [4.78, 5) is 22.1. The van der Waals surface area contributed by atoms with Gasteiger partial charge in [-0.3, -0.25) is 4.79 Å². The van der Waals surface area contributed by atoms with Gasteiger partial charge in [0.15, 0.2) is 0 Å². The number of allylic oxidation sites excluding steroid dienone is 1. The third kappa shape index (κ3) is 8.91. The summed E-state index contributed by atoms with van der Waals surface area (Å²) in [6.07, 6.45) is 9.35. The number of nitrogens with zero attached hydrogens (tertiary/aromatic N) is 2. The van der Waals surface area contributed by atoms with Gasteiger partial charge in [0.2, 0.25) is 11.7 Å². The summed E-state index contributed by atoms with van der Waals surface area (Å²) in [5, 5.41) is 26.8. The van der Waals surface area contributed by atoms with Crippen LogP contribution < -0.4 is 14.2 Å². The lowest BCUT2D eigenvalue weighted by Gasteiger charge is -2.59. The third-order valence-corrected chi connectivity index (χ3v) is 12.3. The molecule has 0 bridgehead atoms. The molecule has 0 aromatic heterocycles. The van der Waals surface area contributed by atoms with Crippen LogP contribution >= 0.6 is 0 Å². The second-order valence-corrected chi connectivity index (χ2v) is 15.8. The Labute approximate surface area is 348 Å². The molecule has 59 heavy (non-hydrogen) atoms. The van der Waals surface area contributed by atoms with E-state index in [1.807, 2.05) is 68.6 Å². The lowest BCUT2D eigenvalue weighted by molar-refractivity contribution is -0.255. The van der Waals surface area contributed by atoms with Gasteiger partial charge < -0.3 is 38.9 Å². The normalized spacial score (nSPS) is 23.7. The van der Waals surface area contributed by atoms with Crippen molar-refractivity contribution in [1.29, 1.82) is 0 Å². The Hall–Kier alpha value is -5.16. The van der Waals surface area contributed by atoms with E-state index >= 15 is 0 Å². The van der Waals surface area contributed by atoms with Gasteiger partial charge in [0.05, 0.1) is 31.8 Å². The van der Waals surface area contributed by atoms with Crippen molar-refractivity contribution in [2.45, 2.75) is 76.0 Å². The number of carbonyl (C=O) groups is 1. The molecule has 4 aromatic rings. The first-order valence-electron chi connectivity index (χ1n) is 21.1. The molecule has 2 N–H and O–H groups in total. The monoisotopic (exact) mass is 802 g/mol. The van der Waals surface area contributed by atoms with Gasteiger partial charge in [0, 0.05) is 38.2 Å². The maximum atomic E-state index is 14.5. The largest absolute Gasteiger partial charge is 0.497 e. The van der Waals surface area contributed by atoms with Gasteiger partial charge in [-0.15, -0.1) is 6.58 Å². The summed E-state index contributed by atoms with van der Waals surface area (Å²) in [5.41, 5.74) is 3.60. The Kier molecular flexibility index (Phi) is 13.7. The van der Waals surface area contributed by atoms with E-state index in [0.29, 0.717) is 43.1 Å². The predicted molar refractivity (Wildman–Crippen MR) is 230 cm³/mol. The highest BCUT2D eigenvalue weighted by atomic mass is 16.7. The van der Waals surface area contributed by atoms with E-state index < -0.39 is 17.7 Å². The Morgan fingerprint density at radius 3 is 2.46 bits per heavy atom. The SMILES string of the molecule is C=CCO[C@@]12Oc3ccc(Oc4ccc5ccccc5c4)cc3[C@H]3[C@H](CCCCO)[C@@H](CCCCO)C=C(C(=NOCC)C[C@@H]1N(C)C(=O)Cc1cccc(OC)c1)[C@H]32. The maximum absolute atomic E-state index is 14.5. The molecule has 0 unspecified atom stereocenters. The van der Waals surface area contributed by atoms with Crippen molar-refractivity contribution in [2.24, 2.45) is 22.9 Å². The fourth-order valence-electron chi connectivity index (χ4n) is 9.56. The highest BCUT2D eigenvalue weighted by Gasteiger charge is 2.65. The number of aliphatic hydroxyl groups is 2. The molecule has 4 aromatic carbocycles. The fourth-order valence-corrected chi connectivity index (χ4v) is 9.56. The molecule has 10 heteroatoms. The first-order valence-corrected chi connectivity index (χ1v) is 21.1. The van der Waals surface area contributed by atoms with E-state index in [0.717, 1.165) is 64.6 Å².